The number of hydrogen-bond acceptors (Lipinski definition) is 7. The van der Waals surface area contributed by atoms with Gasteiger partial charge in [0.1, 0.15) is 17.0 Å². The summed E-state index contributed by atoms with van der Waals surface area (Å²) in [6.45, 7) is 4.53. The molecule has 2 aromatic heterocycles. The summed E-state index contributed by atoms with van der Waals surface area (Å²) < 4.78 is 40.2. The highest BCUT2D eigenvalue weighted by Gasteiger charge is 2.27. The number of anilines is 1. The van der Waals surface area contributed by atoms with Crippen molar-refractivity contribution in [1.82, 2.24) is 9.29 Å². The number of carbonyl (C=O) groups excluding carboxylic acids is 1. The standard InChI is InChI=1S/C30H29N3O5S2/c1-4-32(19-22-9-6-5-7-10-22)40(35,36)25-15-13-23(14-16-25)29(34)33(20-24-11-8-18-38-24)30-31-27-26(37-3)17-12-21(2)28(27)39-30/h5-18H,4,19-20H2,1-3H3. The van der Waals surface area contributed by atoms with Crippen LogP contribution in [0.15, 0.2) is 94.4 Å². The summed E-state index contributed by atoms with van der Waals surface area (Å²) in [4.78, 5) is 20.3. The summed E-state index contributed by atoms with van der Waals surface area (Å²) in [5, 5.41) is 0.487. The molecule has 2 heterocycles. The Kier molecular flexibility index (Phi) is 8.02. The van der Waals surface area contributed by atoms with Gasteiger partial charge in [-0.2, -0.15) is 4.31 Å². The van der Waals surface area contributed by atoms with Crippen LogP contribution in [0.1, 0.15) is 34.2 Å². The fourth-order valence-corrected chi connectivity index (χ4v) is 6.88. The molecule has 10 heteroatoms. The number of furan rings is 1. The van der Waals surface area contributed by atoms with Crippen LogP contribution < -0.4 is 9.64 Å². The molecule has 3 aromatic carbocycles. The number of aromatic nitrogens is 1. The van der Waals surface area contributed by atoms with Crippen molar-refractivity contribution in [3.8, 4) is 5.75 Å². The van der Waals surface area contributed by atoms with Gasteiger partial charge in [0.25, 0.3) is 5.91 Å². The molecule has 1 amide bonds. The third-order valence-electron chi connectivity index (χ3n) is 6.58. The molecule has 0 bridgehead atoms. The molecular weight excluding hydrogens is 546 g/mol. The van der Waals surface area contributed by atoms with Gasteiger partial charge >= 0.3 is 0 Å². The van der Waals surface area contributed by atoms with Crippen LogP contribution in [0.2, 0.25) is 0 Å². The van der Waals surface area contributed by atoms with Crippen LogP contribution in [-0.4, -0.2) is 37.3 Å². The van der Waals surface area contributed by atoms with Crippen molar-refractivity contribution < 1.29 is 22.4 Å². The molecule has 0 aliphatic rings. The molecule has 0 aliphatic carbocycles. The molecule has 5 aromatic rings. The van der Waals surface area contributed by atoms with E-state index in [0.717, 1.165) is 15.8 Å². The van der Waals surface area contributed by atoms with Gasteiger partial charge in [0.15, 0.2) is 5.13 Å². The number of benzene rings is 3. The second kappa shape index (κ2) is 11.6. The largest absolute Gasteiger partial charge is 0.494 e. The minimum absolute atomic E-state index is 0.125. The van der Waals surface area contributed by atoms with E-state index >= 15 is 0 Å². The Bertz CT molecular complexity index is 1710. The van der Waals surface area contributed by atoms with Crippen LogP contribution in [0.25, 0.3) is 10.2 Å². The van der Waals surface area contributed by atoms with Crippen LogP contribution in [0.3, 0.4) is 0 Å². The Morgan fingerprint density at radius 1 is 0.975 bits per heavy atom. The van der Waals surface area contributed by atoms with Crippen molar-refractivity contribution in [1.29, 1.82) is 0 Å². The van der Waals surface area contributed by atoms with E-state index in [9.17, 15) is 13.2 Å². The number of carbonyl (C=O) groups is 1. The SMILES string of the molecule is CCN(Cc1ccccc1)S(=O)(=O)c1ccc(C(=O)N(Cc2ccco2)c2nc3c(OC)ccc(C)c3s2)cc1. The number of fused-ring (bicyclic) bond motifs is 1. The lowest BCUT2D eigenvalue weighted by molar-refractivity contribution is 0.0983. The summed E-state index contributed by atoms with van der Waals surface area (Å²) in [6.07, 6.45) is 1.55. The molecule has 0 N–H and O–H groups in total. The van der Waals surface area contributed by atoms with Gasteiger partial charge in [0.05, 0.1) is 29.5 Å². The third kappa shape index (κ3) is 5.51. The molecule has 0 fully saturated rings. The Labute approximate surface area is 237 Å². The van der Waals surface area contributed by atoms with Gasteiger partial charge in [-0.3, -0.25) is 9.69 Å². The number of amides is 1. The minimum Gasteiger partial charge on any atom is -0.494 e. The maximum absolute atomic E-state index is 13.8. The highest BCUT2D eigenvalue weighted by atomic mass is 32.2. The molecule has 0 unspecified atom stereocenters. The van der Waals surface area contributed by atoms with Crippen molar-refractivity contribution in [2.45, 2.75) is 31.8 Å². The van der Waals surface area contributed by atoms with Crippen LogP contribution in [0, 0.1) is 6.92 Å². The number of nitrogens with zero attached hydrogens (tertiary/aromatic N) is 3. The second-order valence-electron chi connectivity index (χ2n) is 9.17. The van der Waals surface area contributed by atoms with Crippen molar-refractivity contribution in [3.05, 3.63) is 108 Å². The molecule has 8 nitrogen and oxygen atoms in total. The number of sulfonamides is 1. The van der Waals surface area contributed by atoms with E-state index in [-0.39, 0.29) is 23.9 Å². The molecule has 5 rings (SSSR count). The molecular formula is C30H29N3O5S2. The molecule has 0 spiro atoms. The Balaban J connectivity index is 1.46. The third-order valence-corrected chi connectivity index (χ3v) is 9.72. The first-order chi connectivity index (χ1) is 19.3. The molecule has 0 saturated carbocycles. The smallest absolute Gasteiger partial charge is 0.260 e. The average Bonchev–Trinajstić information content (AvgIpc) is 3.66. The van der Waals surface area contributed by atoms with E-state index < -0.39 is 10.0 Å². The molecule has 0 radical (unpaired) electrons. The van der Waals surface area contributed by atoms with Crippen molar-refractivity contribution in [2.75, 3.05) is 18.6 Å². The summed E-state index contributed by atoms with van der Waals surface area (Å²) in [6, 6.07) is 22.9. The van der Waals surface area contributed by atoms with Crippen LogP contribution in [-0.2, 0) is 23.1 Å². The minimum atomic E-state index is -3.77. The second-order valence-corrected chi connectivity index (χ2v) is 12.1. The topological polar surface area (TPSA) is 93.0 Å². The van der Waals surface area contributed by atoms with Crippen LogP contribution in [0.4, 0.5) is 5.13 Å². The predicted octanol–water partition coefficient (Wildman–Crippen LogP) is 6.26. The van der Waals surface area contributed by atoms with Crippen LogP contribution in [0.5, 0.6) is 5.75 Å². The number of thiazole rings is 1. The summed E-state index contributed by atoms with van der Waals surface area (Å²) in [5.74, 6) is 0.890. The van der Waals surface area contributed by atoms with Gasteiger partial charge < -0.3 is 9.15 Å². The first kappa shape index (κ1) is 27.6. The lowest BCUT2D eigenvalue weighted by Crippen LogP contribution is -2.31. The van der Waals surface area contributed by atoms with E-state index in [0.29, 0.717) is 34.3 Å². The number of rotatable bonds is 10. The van der Waals surface area contributed by atoms with Gasteiger partial charge in [-0.1, -0.05) is 54.7 Å². The van der Waals surface area contributed by atoms with E-state index in [4.69, 9.17) is 14.1 Å². The quantitative estimate of drug-likeness (QED) is 0.195. The van der Waals surface area contributed by atoms with Crippen LogP contribution >= 0.6 is 11.3 Å². The zero-order chi connectivity index (χ0) is 28.3. The Morgan fingerprint density at radius 3 is 2.38 bits per heavy atom. The normalized spacial score (nSPS) is 11.7. The molecule has 40 heavy (non-hydrogen) atoms. The van der Waals surface area contributed by atoms with Gasteiger partial charge in [-0.05, 0) is 60.5 Å². The van der Waals surface area contributed by atoms with E-state index in [1.54, 1.807) is 49.5 Å². The zero-order valence-corrected chi connectivity index (χ0v) is 24.0. The molecule has 0 atom stereocenters. The number of ether oxygens (including phenoxy) is 1. The van der Waals surface area contributed by atoms with E-state index in [2.05, 4.69) is 0 Å². The highest BCUT2D eigenvalue weighted by Crippen LogP contribution is 2.37. The maximum atomic E-state index is 13.8. The monoisotopic (exact) mass is 575 g/mol. The maximum Gasteiger partial charge on any atom is 0.260 e. The summed E-state index contributed by atoms with van der Waals surface area (Å²) in [7, 11) is -2.18. The predicted molar refractivity (Wildman–Crippen MR) is 156 cm³/mol. The van der Waals surface area contributed by atoms with Crippen molar-refractivity contribution >= 4 is 42.6 Å². The fraction of sp³-hybridized carbons (Fsp3) is 0.200. The Hall–Kier alpha value is -3.99. The fourth-order valence-electron chi connectivity index (χ4n) is 4.39. The lowest BCUT2D eigenvalue weighted by atomic mass is 10.2. The van der Waals surface area contributed by atoms with Crippen molar-refractivity contribution in [2.24, 2.45) is 0 Å². The van der Waals surface area contributed by atoms with Gasteiger partial charge in [0.2, 0.25) is 10.0 Å². The molecule has 206 valence electrons. The molecule has 0 saturated heterocycles. The summed E-state index contributed by atoms with van der Waals surface area (Å²) >= 11 is 1.39. The first-order valence-electron chi connectivity index (χ1n) is 12.7. The highest BCUT2D eigenvalue weighted by molar-refractivity contribution is 7.89. The Morgan fingerprint density at radius 2 is 1.73 bits per heavy atom. The van der Waals surface area contributed by atoms with Gasteiger partial charge in [0, 0.05) is 18.7 Å². The van der Waals surface area contributed by atoms with E-state index in [1.807, 2.05) is 49.4 Å². The van der Waals surface area contributed by atoms with Crippen molar-refractivity contribution in [3.63, 3.8) is 0 Å². The number of hydrogen-bond donors (Lipinski definition) is 0. The summed E-state index contributed by atoms with van der Waals surface area (Å²) in [5.41, 5.74) is 2.94. The average molecular weight is 576 g/mol. The molecule has 0 aliphatic heterocycles. The van der Waals surface area contributed by atoms with Gasteiger partial charge in [-0.25, -0.2) is 13.4 Å². The zero-order valence-electron chi connectivity index (χ0n) is 22.4. The number of aryl methyl sites for hydroxylation is 1. The first-order valence-corrected chi connectivity index (χ1v) is 15.0. The van der Waals surface area contributed by atoms with E-state index in [1.165, 1.54) is 27.8 Å². The number of methoxy groups -OCH3 is 1. The van der Waals surface area contributed by atoms with Gasteiger partial charge in [-0.15, -0.1) is 0 Å². The lowest BCUT2D eigenvalue weighted by Gasteiger charge is -2.21.